The van der Waals surface area contributed by atoms with Crippen LogP contribution in [0.25, 0.3) is 0 Å². The highest BCUT2D eigenvalue weighted by molar-refractivity contribution is 5.07. The molecule has 1 atom stereocenters. The second-order valence-corrected chi connectivity index (χ2v) is 3.78. The molecule has 72 valence electrons. The topological polar surface area (TPSA) is 24.9 Å². The lowest BCUT2D eigenvalue weighted by Gasteiger charge is -2.14. The first-order valence-corrected chi connectivity index (χ1v) is 4.84. The summed E-state index contributed by atoms with van der Waals surface area (Å²) in [5.41, 5.74) is 1.11. The molecule has 2 nitrogen and oxygen atoms in total. The van der Waals surface area contributed by atoms with Crippen molar-refractivity contribution in [2.75, 3.05) is 6.54 Å². The van der Waals surface area contributed by atoms with Crippen LogP contribution in [0, 0.1) is 5.92 Å². The van der Waals surface area contributed by atoms with Gasteiger partial charge in [-0.15, -0.1) is 0 Å². The van der Waals surface area contributed by atoms with Gasteiger partial charge >= 0.3 is 0 Å². The van der Waals surface area contributed by atoms with Crippen LogP contribution >= 0.6 is 0 Å². The standard InChI is InChI=1S/C11H18N2/c1-9(2)8-13-10(3)11-6-4-5-7-12-11/h4-7,9-10,13H,8H2,1-3H3. The summed E-state index contributed by atoms with van der Waals surface area (Å²) < 4.78 is 0. The van der Waals surface area contributed by atoms with Crippen molar-refractivity contribution in [3.63, 3.8) is 0 Å². The van der Waals surface area contributed by atoms with Crippen LogP contribution < -0.4 is 5.32 Å². The van der Waals surface area contributed by atoms with Gasteiger partial charge in [0.1, 0.15) is 0 Å². The fraction of sp³-hybridized carbons (Fsp3) is 0.545. The van der Waals surface area contributed by atoms with Crippen LogP contribution in [0.15, 0.2) is 24.4 Å². The molecule has 1 aromatic heterocycles. The minimum absolute atomic E-state index is 0.351. The average Bonchev–Trinajstić information content (AvgIpc) is 2.15. The van der Waals surface area contributed by atoms with Crippen molar-refractivity contribution in [3.05, 3.63) is 30.1 Å². The maximum atomic E-state index is 4.29. The summed E-state index contributed by atoms with van der Waals surface area (Å²) in [6.07, 6.45) is 1.84. The molecule has 0 aliphatic carbocycles. The van der Waals surface area contributed by atoms with E-state index < -0.39 is 0 Å². The molecule has 0 saturated carbocycles. The minimum atomic E-state index is 0.351. The summed E-state index contributed by atoms with van der Waals surface area (Å²) in [6, 6.07) is 6.37. The van der Waals surface area contributed by atoms with Crippen LogP contribution in [0.4, 0.5) is 0 Å². The molecule has 0 aliphatic rings. The summed E-state index contributed by atoms with van der Waals surface area (Å²) >= 11 is 0. The van der Waals surface area contributed by atoms with Crippen LogP contribution in [-0.4, -0.2) is 11.5 Å². The number of hydrogen-bond acceptors (Lipinski definition) is 2. The van der Waals surface area contributed by atoms with Gasteiger partial charge in [-0.05, 0) is 31.5 Å². The summed E-state index contributed by atoms with van der Waals surface area (Å²) in [7, 11) is 0. The quantitative estimate of drug-likeness (QED) is 0.765. The molecule has 0 fully saturated rings. The third-order valence-electron chi connectivity index (χ3n) is 1.96. The highest BCUT2D eigenvalue weighted by Crippen LogP contribution is 2.07. The Labute approximate surface area is 80.4 Å². The number of hydrogen-bond donors (Lipinski definition) is 1. The second kappa shape index (κ2) is 4.97. The first-order valence-electron chi connectivity index (χ1n) is 4.84. The van der Waals surface area contributed by atoms with Crippen molar-refractivity contribution >= 4 is 0 Å². The summed E-state index contributed by atoms with van der Waals surface area (Å²) in [6.45, 7) is 7.60. The Hall–Kier alpha value is -0.890. The molecule has 0 spiro atoms. The lowest BCUT2D eigenvalue weighted by molar-refractivity contribution is 0.490. The molecule has 1 aromatic rings. The Kier molecular flexibility index (Phi) is 3.90. The van der Waals surface area contributed by atoms with Gasteiger partial charge in [0, 0.05) is 12.2 Å². The fourth-order valence-electron chi connectivity index (χ4n) is 1.15. The van der Waals surface area contributed by atoms with Crippen molar-refractivity contribution in [3.8, 4) is 0 Å². The van der Waals surface area contributed by atoms with E-state index in [1.807, 2.05) is 18.3 Å². The van der Waals surface area contributed by atoms with E-state index in [4.69, 9.17) is 0 Å². The lowest BCUT2D eigenvalue weighted by Crippen LogP contribution is -2.23. The first-order chi connectivity index (χ1) is 6.20. The Morgan fingerprint density at radius 2 is 2.08 bits per heavy atom. The predicted molar refractivity (Wildman–Crippen MR) is 55.5 cm³/mol. The van der Waals surface area contributed by atoms with E-state index in [-0.39, 0.29) is 0 Å². The van der Waals surface area contributed by atoms with Crippen LogP contribution in [-0.2, 0) is 0 Å². The number of pyridine rings is 1. The largest absolute Gasteiger partial charge is 0.309 e. The summed E-state index contributed by atoms with van der Waals surface area (Å²) in [4.78, 5) is 4.29. The molecule has 13 heavy (non-hydrogen) atoms. The van der Waals surface area contributed by atoms with Gasteiger partial charge in [-0.3, -0.25) is 4.98 Å². The smallest absolute Gasteiger partial charge is 0.0570 e. The van der Waals surface area contributed by atoms with E-state index in [0.717, 1.165) is 12.2 Å². The van der Waals surface area contributed by atoms with Crippen molar-refractivity contribution in [2.24, 2.45) is 5.92 Å². The molecule has 0 saturated heterocycles. The highest BCUT2D eigenvalue weighted by atomic mass is 14.9. The maximum Gasteiger partial charge on any atom is 0.0570 e. The molecule has 0 aromatic carbocycles. The molecule has 0 amide bonds. The molecule has 1 N–H and O–H groups in total. The summed E-state index contributed by atoms with van der Waals surface area (Å²) in [5.74, 6) is 0.686. The van der Waals surface area contributed by atoms with Crippen molar-refractivity contribution in [1.29, 1.82) is 0 Å². The normalized spacial score (nSPS) is 13.2. The average molecular weight is 178 g/mol. The monoisotopic (exact) mass is 178 g/mol. The predicted octanol–water partition coefficient (Wildman–Crippen LogP) is 2.39. The van der Waals surface area contributed by atoms with Crippen LogP contribution in [0.2, 0.25) is 0 Å². The molecule has 0 bridgehead atoms. The SMILES string of the molecule is CC(C)CNC(C)c1ccccn1. The van der Waals surface area contributed by atoms with Crippen LogP contribution in [0.5, 0.6) is 0 Å². The van der Waals surface area contributed by atoms with E-state index in [9.17, 15) is 0 Å². The lowest BCUT2D eigenvalue weighted by atomic mass is 10.1. The fourth-order valence-corrected chi connectivity index (χ4v) is 1.15. The van der Waals surface area contributed by atoms with E-state index in [2.05, 4.69) is 37.1 Å². The second-order valence-electron chi connectivity index (χ2n) is 3.78. The third-order valence-corrected chi connectivity index (χ3v) is 1.96. The zero-order valence-electron chi connectivity index (χ0n) is 8.62. The van der Waals surface area contributed by atoms with Gasteiger partial charge in [-0.2, -0.15) is 0 Å². The molecule has 2 heteroatoms. The van der Waals surface area contributed by atoms with E-state index in [1.54, 1.807) is 0 Å². The van der Waals surface area contributed by atoms with Gasteiger partial charge in [-0.1, -0.05) is 19.9 Å². The third kappa shape index (κ3) is 3.55. The maximum absolute atomic E-state index is 4.29. The van der Waals surface area contributed by atoms with Crippen LogP contribution in [0.1, 0.15) is 32.5 Å². The molecular weight excluding hydrogens is 160 g/mol. The van der Waals surface area contributed by atoms with Crippen molar-refractivity contribution in [2.45, 2.75) is 26.8 Å². The van der Waals surface area contributed by atoms with Crippen molar-refractivity contribution in [1.82, 2.24) is 10.3 Å². The number of nitrogens with one attached hydrogen (secondary N) is 1. The molecule has 1 heterocycles. The van der Waals surface area contributed by atoms with E-state index in [1.165, 1.54) is 0 Å². The Balaban J connectivity index is 2.44. The zero-order valence-corrected chi connectivity index (χ0v) is 8.62. The van der Waals surface area contributed by atoms with Gasteiger partial charge < -0.3 is 5.32 Å². The van der Waals surface area contributed by atoms with Crippen LogP contribution in [0.3, 0.4) is 0 Å². The highest BCUT2D eigenvalue weighted by Gasteiger charge is 2.04. The van der Waals surface area contributed by atoms with Gasteiger partial charge in [0.2, 0.25) is 0 Å². The zero-order chi connectivity index (χ0) is 9.68. The number of aromatic nitrogens is 1. The van der Waals surface area contributed by atoms with Gasteiger partial charge in [0.25, 0.3) is 0 Å². The summed E-state index contributed by atoms with van der Waals surface area (Å²) in [5, 5.41) is 3.44. The van der Waals surface area contributed by atoms with E-state index >= 15 is 0 Å². The van der Waals surface area contributed by atoms with Gasteiger partial charge in [0.15, 0.2) is 0 Å². The molecule has 0 aliphatic heterocycles. The molecule has 0 radical (unpaired) electrons. The Morgan fingerprint density at radius 1 is 1.31 bits per heavy atom. The first kappa shape index (κ1) is 10.2. The Bertz CT molecular complexity index is 231. The molecule has 1 rings (SSSR count). The van der Waals surface area contributed by atoms with Gasteiger partial charge in [0.05, 0.1) is 5.69 Å². The van der Waals surface area contributed by atoms with Gasteiger partial charge in [-0.25, -0.2) is 0 Å². The number of rotatable bonds is 4. The minimum Gasteiger partial charge on any atom is -0.309 e. The van der Waals surface area contributed by atoms with E-state index in [0.29, 0.717) is 12.0 Å². The number of nitrogens with zero attached hydrogens (tertiary/aromatic N) is 1. The Morgan fingerprint density at radius 3 is 2.62 bits per heavy atom. The van der Waals surface area contributed by atoms with Crippen molar-refractivity contribution < 1.29 is 0 Å². The molecule has 1 unspecified atom stereocenters. The molecular formula is C11H18N2.